The maximum absolute atomic E-state index is 14.3. The molecule has 4 aromatic heterocycles. The zero-order valence-corrected chi connectivity index (χ0v) is 17.7. The fraction of sp³-hybridized carbons (Fsp3) is 0.429. The molecule has 0 aromatic carbocycles. The highest BCUT2D eigenvalue weighted by molar-refractivity contribution is 5.85. The summed E-state index contributed by atoms with van der Waals surface area (Å²) in [5.41, 5.74) is 3.27. The van der Waals surface area contributed by atoms with Crippen molar-refractivity contribution in [2.45, 2.75) is 38.5 Å². The Kier molecular flexibility index (Phi) is 5.20. The molecule has 5 rings (SSSR count). The summed E-state index contributed by atoms with van der Waals surface area (Å²) >= 11 is 0. The molecule has 1 saturated heterocycles. The Balaban J connectivity index is 1.45. The number of anilines is 1. The van der Waals surface area contributed by atoms with E-state index in [1.807, 2.05) is 18.0 Å². The molecule has 0 bridgehead atoms. The third kappa shape index (κ3) is 3.77. The largest absolute Gasteiger partial charge is 0.347 e. The van der Waals surface area contributed by atoms with Gasteiger partial charge in [0.15, 0.2) is 5.65 Å². The third-order valence-electron chi connectivity index (χ3n) is 5.90. The van der Waals surface area contributed by atoms with Crippen LogP contribution in [0.25, 0.3) is 27.8 Å². The quantitative estimate of drug-likeness (QED) is 0.510. The SMILES string of the molecule is Cc1nc2ncc(-c3ccn4nc(N[C@@H]5CCN(C)C[C@@H]5F)ncc34)cc2n1CC(F)F. The Morgan fingerprint density at radius 1 is 1.22 bits per heavy atom. The number of rotatable bonds is 5. The van der Waals surface area contributed by atoms with Crippen LogP contribution in [0.5, 0.6) is 0 Å². The summed E-state index contributed by atoms with van der Waals surface area (Å²) < 4.78 is 43.5. The number of aromatic nitrogens is 6. The van der Waals surface area contributed by atoms with Gasteiger partial charge in [0, 0.05) is 36.6 Å². The summed E-state index contributed by atoms with van der Waals surface area (Å²) in [6.07, 6.45) is 2.30. The number of imidazole rings is 1. The third-order valence-corrected chi connectivity index (χ3v) is 5.90. The fourth-order valence-electron chi connectivity index (χ4n) is 4.23. The van der Waals surface area contributed by atoms with Gasteiger partial charge in [-0.3, -0.25) is 0 Å². The van der Waals surface area contributed by atoms with Crippen LogP contribution in [0.3, 0.4) is 0 Å². The minimum atomic E-state index is -2.49. The summed E-state index contributed by atoms with van der Waals surface area (Å²) in [6, 6.07) is 3.34. The molecule has 1 aliphatic rings. The fourth-order valence-corrected chi connectivity index (χ4v) is 4.23. The molecule has 32 heavy (non-hydrogen) atoms. The van der Waals surface area contributed by atoms with Gasteiger partial charge < -0.3 is 14.8 Å². The number of pyridine rings is 1. The number of aryl methyl sites for hydroxylation is 1. The molecule has 0 aliphatic carbocycles. The topological polar surface area (TPSA) is 76.2 Å². The summed E-state index contributed by atoms with van der Waals surface area (Å²) in [5.74, 6) is 0.849. The van der Waals surface area contributed by atoms with Crippen molar-refractivity contribution < 1.29 is 13.2 Å². The van der Waals surface area contributed by atoms with Crippen LogP contribution in [0, 0.1) is 6.92 Å². The second-order valence-corrected chi connectivity index (χ2v) is 8.19. The molecule has 0 unspecified atom stereocenters. The molecule has 168 valence electrons. The number of nitrogens with zero attached hydrogens (tertiary/aromatic N) is 7. The van der Waals surface area contributed by atoms with Crippen molar-refractivity contribution in [1.82, 2.24) is 34.0 Å². The van der Waals surface area contributed by atoms with Crippen molar-refractivity contribution in [2.75, 3.05) is 25.5 Å². The lowest BCUT2D eigenvalue weighted by Gasteiger charge is -2.32. The van der Waals surface area contributed by atoms with Gasteiger partial charge in [-0.15, -0.1) is 5.10 Å². The zero-order valence-electron chi connectivity index (χ0n) is 17.7. The van der Waals surface area contributed by atoms with E-state index in [1.165, 1.54) is 4.57 Å². The molecule has 4 aromatic rings. The highest BCUT2D eigenvalue weighted by atomic mass is 19.3. The van der Waals surface area contributed by atoms with E-state index in [9.17, 15) is 13.2 Å². The van der Waals surface area contributed by atoms with Crippen LogP contribution in [0.15, 0.2) is 30.7 Å². The van der Waals surface area contributed by atoms with Crippen LogP contribution in [0.4, 0.5) is 19.1 Å². The number of piperidine rings is 1. The maximum atomic E-state index is 14.3. The van der Waals surface area contributed by atoms with E-state index < -0.39 is 19.1 Å². The summed E-state index contributed by atoms with van der Waals surface area (Å²) in [5, 5.41) is 7.57. The highest BCUT2D eigenvalue weighted by Crippen LogP contribution is 2.28. The summed E-state index contributed by atoms with van der Waals surface area (Å²) in [6.45, 7) is 2.44. The van der Waals surface area contributed by atoms with Gasteiger partial charge in [-0.25, -0.2) is 32.6 Å². The van der Waals surface area contributed by atoms with Crippen molar-refractivity contribution in [2.24, 2.45) is 0 Å². The minimum Gasteiger partial charge on any atom is -0.347 e. The monoisotopic (exact) mass is 444 g/mol. The molecule has 5 heterocycles. The molecule has 8 nitrogen and oxygen atoms in total. The zero-order chi connectivity index (χ0) is 22.4. The van der Waals surface area contributed by atoms with Crippen LogP contribution >= 0.6 is 0 Å². The van der Waals surface area contributed by atoms with Gasteiger partial charge in [-0.2, -0.15) is 0 Å². The Hall–Kier alpha value is -3.21. The van der Waals surface area contributed by atoms with E-state index >= 15 is 0 Å². The lowest BCUT2D eigenvalue weighted by molar-refractivity contribution is 0.127. The van der Waals surface area contributed by atoms with Crippen molar-refractivity contribution in [3.8, 4) is 11.1 Å². The van der Waals surface area contributed by atoms with E-state index in [0.29, 0.717) is 35.9 Å². The predicted molar refractivity (Wildman–Crippen MR) is 115 cm³/mol. The lowest BCUT2D eigenvalue weighted by Crippen LogP contribution is -2.46. The van der Waals surface area contributed by atoms with Gasteiger partial charge in [-0.1, -0.05) is 0 Å². The van der Waals surface area contributed by atoms with Crippen LogP contribution in [0.1, 0.15) is 12.2 Å². The molecule has 0 saturated carbocycles. The first-order valence-corrected chi connectivity index (χ1v) is 10.4. The molecule has 2 atom stereocenters. The Labute approximate surface area is 182 Å². The molecule has 11 heteroatoms. The Morgan fingerprint density at radius 3 is 2.84 bits per heavy atom. The summed E-state index contributed by atoms with van der Waals surface area (Å²) in [7, 11) is 1.90. The highest BCUT2D eigenvalue weighted by Gasteiger charge is 2.28. The lowest BCUT2D eigenvalue weighted by atomic mass is 10.0. The first-order valence-electron chi connectivity index (χ1n) is 10.4. The maximum Gasteiger partial charge on any atom is 0.256 e. The number of fused-ring (bicyclic) bond motifs is 2. The Morgan fingerprint density at radius 2 is 2.06 bits per heavy atom. The number of nitrogens with one attached hydrogen (secondary N) is 1. The number of hydrogen-bond donors (Lipinski definition) is 1. The number of hydrogen-bond acceptors (Lipinski definition) is 6. The van der Waals surface area contributed by atoms with Crippen molar-refractivity contribution in [3.63, 3.8) is 0 Å². The molecular formula is C21H23F3N8. The van der Waals surface area contributed by atoms with E-state index in [4.69, 9.17) is 0 Å². The summed E-state index contributed by atoms with van der Waals surface area (Å²) in [4.78, 5) is 15.0. The average Bonchev–Trinajstić information content (AvgIpc) is 3.30. The van der Waals surface area contributed by atoms with E-state index in [2.05, 4.69) is 25.4 Å². The Bertz CT molecular complexity index is 1270. The second kappa shape index (κ2) is 8.05. The molecule has 1 fully saturated rings. The second-order valence-electron chi connectivity index (χ2n) is 8.19. The standard InChI is InChI=1S/C21H23F3N8/c1-12-27-20-17(31(12)11-19(23)24)7-13(8-25-20)14-3-6-32-18(14)9-26-21(29-32)28-16-4-5-30(2)10-15(16)22/h3,6-9,15-16,19H,4-5,10-11H2,1-2H3,(H,28,29)/t15-,16+/m0/s1. The van der Waals surface area contributed by atoms with Gasteiger partial charge in [0.1, 0.15) is 12.0 Å². The molecule has 0 radical (unpaired) electrons. The van der Waals surface area contributed by atoms with Gasteiger partial charge in [0.25, 0.3) is 6.43 Å². The van der Waals surface area contributed by atoms with Crippen molar-refractivity contribution in [1.29, 1.82) is 0 Å². The molecule has 0 amide bonds. The smallest absolute Gasteiger partial charge is 0.256 e. The first kappa shape index (κ1) is 20.7. The van der Waals surface area contributed by atoms with Gasteiger partial charge >= 0.3 is 0 Å². The van der Waals surface area contributed by atoms with Crippen molar-refractivity contribution >= 4 is 22.6 Å². The number of halogens is 3. The van der Waals surface area contributed by atoms with E-state index in [-0.39, 0.29) is 6.04 Å². The van der Waals surface area contributed by atoms with Crippen molar-refractivity contribution in [3.05, 3.63) is 36.5 Å². The van der Waals surface area contributed by atoms with Crippen LogP contribution in [-0.2, 0) is 6.54 Å². The van der Waals surface area contributed by atoms with Gasteiger partial charge in [0.05, 0.1) is 29.8 Å². The van der Waals surface area contributed by atoms with E-state index in [0.717, 1.165) is 23.2 Å². The van der Waals surface area contributed by atoms with Gasteiger partial charge in [-0.05, 0) is 32.5 Å². The normalized spacial score (nSPS) is 19.9. The van der Waals surface area contributed by atoms with E-state index in [1.54, 1.807) is 36.1 Å². The van der Waals surface area contributed by atoms with Crippen LogP contribution in [0.2, 0.25) is 0 Å². The van der Waals surface area contributed by atoms with Crippen LogP contribution in [-0.4, -0.2) is 72.8 Å². The molecule has 1 N–H and O–H groups in total. The van der Waals surface area contributed by atoms with Gasteiger partial charge in [0.2, 0.25) is 5.95 Å². The molecule has 1 aliphatic heterocycles. The average molecular weight is 444 g/mol. The van der Waals surface area contributed by atoms with Crippen LogP contribution < -0.4 is 5.32 Å². The number of alkyl halides is 3. The minimum absolute atomic E-state index is 0.330. The molecule has 0 spiro atoms. The number of likely N-dealkylation sites (tertiary alicyclic amines) is 1. The first-order chi connectivity index (χ1) is 15.4. The molecular weight excluding hydrogens is 421 g/mol. The predicted octanol–water partition coefficient (Wildman–Crippen LogP) is 3.17.